The molecule has 1 amide bonds. The van der Waals surface area contributed by atoms with Gasteiger partial charge in [0.15, 0.2) is 0 Å². The van der Waals surface area contributed by atoms with Crippen LogP contribution in [0.4, 0.5) is 11.4 Å². The van der Waals surface area contributed by atoms with Gasteiger partial charge in [-0.05, 0) is 73.7 Å². The van der Waals surface area contributed by atoms with Gasteiger partial charge in [-0.2, -0.15) is 0 Å². The van der Waals surface area contributed by atoms with E-state index < -0.39 is 15.9 Å². The highest BCUT2D eigenvalue weighted by molar-refractivity contribution is 7.92. The van der Waals surface area contributed by atoms with Gasteiger partial charge in [-0.15, -0.1) is 0 Å². The molecule has 0 spiro atoms. The molecule has 0 radical (unpaired) electrons. The van der Waals surface area contributed by atoms with E-state index in [9.17, 15) is 13.2 Å². The number of anilines is 2. The minimum atomic E-state index is -3.84. The number of rotatable bonds is 8. The lowest BCUT2D eigenvalue weighted by molar-refractivity contribution is 0.102. The van der Waals surface area contributed by atoms with E-state index in [1.165, 1.54) is 16.4 Å². The van der Waals surface area contributed by atoms with Crippen molar-refractivity contribution >= 4 is 27.3 Å². The Bertz CT molecular complexity index is 1360. The lowest BCUT2D eigenvalue weighted by Gasteiger charge is -2.23. The van der Waals surface area contributed by atoms with Gasteiger partial charge in [0, 0.05) is 30.2 Å². The van der Waals surface area contributed by atoms with Crippen LogP contribution in [0.3, 0.4) is 0 Å². The number of para-hydroxylation sites is 1. The summed E-state index contributed by atoms with van der Waals surface area (Å²) in [6.45, 7) is 2.03. The topological polar surface area (TPSA) is 88.6 Å². The van der Waals surface area contributed by atoms with Gasteiger partial charge < -0.3 is 10.1 Å². The van der Waals surface area contributed by atoms with Gasteiger partial charge in [0.25, 0.3) is 15.9 Å². The number of ether oxygens (including phenoxy) is 1. The van der Waals surface area contributed by atoms with Crippen molar-refractivity contribution in [2.24, 2.45) is 0 Å². The summed E-state index contributed by atoms with van der Waals surface area (Å²) in [5.41, 5.74) is 1.36. The number of hydrogen-bond donors (Lipinski definition) is 1. The molecule has 1 N–H and O–H groups in total. The van der Waals surface area contributed by atoms with E-state index in [1.54, 1.807) is 92.1 Å². The van der Waals surface area contributed by atoms with E-state index in [0.717, 1.165) is 0 Å². The number of carbonyl (C=O) groups is 1. The fourth-order valence-electron chi connectivity index (χ4n) is 3.36. The first kappa shape index (κ1) is 23.0. The molecule has 4 aromatic rings. The van der Waals surface area contributed by atoms with Crippen LogP contribution in [0, 0.1) is 0 Å². The molecule has 0 saturated heterocycles. The molecule has 172 valence electrons. The van der Waals surface area contributed by atoms with E-state index >= 15 is 0 Å². The van der Waals surface area contributed by atoms with Crippen LogP contribution in [-0.4, -0.2) is 25.9 Å². The molecular weight excluding hydrogens is 450 g/mol. The maximum Gasteiger partial charge on any atom is 0.264 e. The summed E-state index contributed by atoms with van der Waals surface area (Å²) in [5.74, 6) is 0.849. The van der Waals surface area contributed by atoms with Crippen molar-refractivity contribution in [1.82, 2.24) is 4.98 Å². The Morgan fingerprint density at radius 1 is 0.882 bits per heavy atom. The average Bonchev–Trinajstić information content (AvgIpc) is 2.87. The Hall–Kier alpha value is -4.17. The minimum absolute atomic E-state index is 0.0481. The average molecular weight is 474 g/mol. The molecule has 0 aliphatic rings. The normalized spacial score (nSPS) is 11.0. The Labute approximate surface area is 198 Å². The maximum absolute atomic E-state index is 13.3. The molecule has 34 heavy (non-hydrogen) atoms. The third kappa shape index (κ3) is 5.24. The van der Waals surface area contributed by atoms with Gasteiger partial charge in [-0.25, -0.2) is 8.42 Å². The Morgan fingerprint density at radius 3 is 2.24 bits per heavy atom. The summed E-state index contributed by atoms with van der Waals surface area (Å²) >= 11 is 0. The Kier molecular flexibility index (Phi) is 6.89. The van der Waals surface area contributed by atoms with E-state index in [-0.39, 0.29) is 17.0 Å². The second-order valence-electron chi connectivity index (χ2n) is 7.30. The summed E-state index contributed by atoms with van der Waals surface area (Å²) < 4.78 is 33.6. The summed E-state index contributed by atoms with van der Waals surface area (Å²) in [7, 11) is -3.84. The van der Waals surface area contributed by atoms with Gasteiger partial charge in [-0.3, -0.25) is 14.1 Å². The van der Waals surface area contributed by atoms with Crippen molar-refractivity contribution in [1.29, 1.82) is 0 Å². The summed E-state index contributed by atoms with van der Waals surface area (Å²) in [4.78, 5) is 16.8. The molecule has 3 aromatic carbocycles. The van der Waals surface area contributed by atoms with Crippen LogP contribution in [0.5, 0.6) is 11.5 Å². The van der Waals surface area contributed by atoms with Crippen LogP contribution in [0.2, 0.25) is 0 Å². The molecule has 0 aliphatic heterocycles. The predicted molar refractivity (Wildman–Crippen MR) is 132 cm³/mol. The lowest BCUT2D eigenvalue weighted by Crippen LogP contribution is -2.30. The first-order valence-electron chi connectivity index (χ1n) is 10.6. The number of sulfonamides is 1. The van der Waals surface area contributed by atoms with Crippen molar-refractivity contribution in [3.05, 3.63) is 109 Å². The number of nitrogens with one attached hydrogen (secondary N) is 1. The standard InChI is InChI=1S/C26H23N3O4S/c1-2-29(22-8-4-3-5-9-22)34(31,32)25-10-6-7-20(19-25)26(30)28-21-11-13-23(14-12-21)33-24-15-17-27-18-16-24/h3-19H,2H2,1H3,(H,28,30). The maximum atomic E-state index is 13.3. The lowest BCUT2D eigenvalue weighted by atomic mass is 10.2. The second kappa shape index (κ2) is 10.2. The summed E-state index contributed by atoms with van der Waals surface area (Å²) in [6, 6.07) is 25.3. The van der Waals surface area contributed by atoms with Gasteiger partial charge in [0.2, 0.25) is 0 Å². The monoisotopic (exact) mass is 473 g/mol. The Morgan fingerprint density at radius 2 is 1.56 bits per heavy atom. The van der Waals surface area contributed by atoms with Gasteiger partial charge in [0.1, 0.15) is 11.5 Å². The number of aromatic nitrogens is 1. The molecular formula is C26H23N3O4S. The van der Waals surface area contributed by atoms with E-state index in [0.29, 0.717) is 22.9 Å². The van der Waals surface area contributed by atoms with Crippen LogP contribution in [0.25, 0.3) is 0 Å². The molecule has 0 aliphatic carbocycles. The first-order chi connectivity index (χ1) is 16.5. The zero-order chi connectivity index (χ0) is 24.0. The van der Waals surface area contributed by atoms with Crippen molar-refractivity contribution < 1.29 is 17.9 Å². The van der Waals surface area contributed by atoms with Gasteiger partial charge in [-0.1, -0.05) is 24.3 Å². The smallest absolute Gasteiger partial charge is 0.264 e. The summed E-state index contributed by atoms with van der Waals surface area (Å²) in [6.07, 6.45) is 3.27. The predicted octanol–water partition coefficient (Wildman–Crippen LogP) is 5.34. The largest absolute Gasteiger partial charge is 0.457 e. The fourth-order valence-corrected chi connectivity index (χ4v) is 4.88. The SMILES string of the molecule is CCN(c1ccccc1)S(=O)(=O)c1cccc(C(=O)Nc2ccc(Oc3ccncc3)cc2)c1. The summed E-state index contributed by atoms with van der Waals surface area (Å²) in [5, 5.41) is 2.79. The number of amides is 1. The van der Waals surface area contributed by atoms with Crippen LogP contribution in [0.15, 0.2) is 108 Å². The Balaban J connectivity index is 1.49. The van der Waals surface area contributed by atoms with Crippen molar-refractivity contribution in [2.45, 2.75) is 11.8 Å². The fraction of sp³-hybridized carbons (Fsp3) is 0.0769. The molecule has 0 atom stereocenters. The zero-order valence-electron chi connectivity index (χ0n) is 18.5. The van der Waals surface area contributed by atoms with E-state index in [4.69, 9.17) is 4.74 Å². The second-order valence-corrected chi connectivity index (χ2v) is 9.16. The quantitative estimate of drug-likeness (QED) is 0.373. The van der Waals surface area contributed by atoms with Crippen molar-refractivity contribution in [3.8, 4) is 11.5 Å². The van der Waals surface area contributed by atoms with Crippen molar-refractivity contribution in [3.63, 3.8) is 0 Å². The molecule has 8 heteroatoms. The highest BCUT2D eigenvalue weighted by atomic mass is 32.2. The number of hydrogen-bond acceptors (Lipinski definition) is 5. The highest BCUT2D eigenvalue weighted by Crippen LogP contribution is 2.25. The van der Waals surface area contributed by atoms with Crippen LogP contribution in [0.1, 0.15) is 17.3 Å². The zero-order valence-corrected chi connectivity index (χ0v) is 19.3. The number of carbonyl (C=O) groups excluding carboxylic acids is 1. The molecule has 0 fully saturated rings. The third-order valence-electron chi connectivity index (χ3n) is 5.01. The van der Waals surface area contributed by atoms with Crippen molar-refractivity contribution in [2.75, 3.05) is 16.2 Å². The van der Waals surface area contributed by atoms with Crippen LogP contribution >= 0.6 is 0 Å². The number of pyridine rings is 1. The number of nitrogens with zero attached hydrogens (tertiary/aromatic N) is 2. The third-order valence-corrected chi connectivity index (χ3v) is 6.91. The molecule has 0 bridgehead atoms. The molecule has 0 unspecified atom stereocenters. The van der Waals surface area contributed by atoms with Gasteiger partial charge in [0.05, 0.1) is 10.6 Å². The molecule has 7 nitrogen and oxygen atoms in total. The van der Waals surface area contributed by atoms with Crippen LogP contribution in [-0.2, 0) is 10.0 Å². The molecule has 1 heterocycles. The first-order valence-corrected chi connectivity index (χ1v) is 12.1. The van der Waals surface area contributed by atoms with E-state index in [1.807, 2.05) is 6.07 Å². The highest BCUT2D eigenvalue weighted by Gasteiger charge is 2.24. The molecule has 4 rings (SSSR count). The molecule has 0 saturated carbocycles. The van der Waals surface area contributed by atoms with Crippen LogP contribution < -0.4 is 14.4 Å². The van der Waals surface area contributed by atoms with Gasteiger partial charge >= 0.3 is 0 Å². The minimum Gasteiger partial charge on any atom is -0.457 e. The van der Waals surface area contributed by atoms with E-state index in [2.05, 4.69) is 10.3 Å². The number of benzene rings is 3. The molecule has 1 aromatic heterocycles.